The van der Waals surface area contributed by atoms with E-state index in [2.05, 4.69) is 20.9 Å². The van der Waals surface area contributed by atoms with Gasteiger partial charge in [0.05, 0.1) is 5.69 Å². The zero-order valence-corrected chi connectivity index (χ0v) is 12.7. The monoisotopic (exact) mass is 368 g/mol. The molecule has 21 heavy (non-hydrogen) atoms. The van der Waals surface area contributed by atoms with Crippen LogP contribution in [0.1, 0.15) is 15.9 Å². The number of carboxylic acid groups (broad SMARTS) is 1. The van der Waals surface area contributed by atoms with Gasteiger partial charge in [-0.2, -0.15) is 0 Å². The molecule has 0 saturated carbocycles. The topological polar surface area (TPSA) is 93.0 Å². The van der Waals surface area contributed by atoms with Gasteiger partial charge in [-0.15, -0.1) is 0 Å². The second-order valence-electron chi connectivity index (χ2n) is 4.07. The minimum absolute atomic E-state index is 0.0647. The highest BCUT2D eigenvalue weighted by atomic mass is 79.9. The number of aromatic carboxylic acids is 1. The van der Waals surface area contributed by atoms with Crippen molar-refractivity contribution in [1.29, 1.82) is 0 Å². The average Bonchev–Trinajstić information content (AvgIpc) is 2.40. The third-order valence-electron chi connectivity index (χ3n) is 2.60. The summed E-state index contributed by atoms with van der Waals surface area (Å²) in [6.07, 6.45) is 1.30. The number of phenols is 1. The Kier molecular flexibility index (Phi) is 4.50. The minimum atomic E-state index is -1.23. The lowest BCUT2D eigenvalue weighted by Gasteiger charge is -2.12. The predicted octanol–water partition coefficient (Wildman–Crippen LogP) is 3.33. The maximum Gasteiger partial charge on any atom is 0.339 e. The van der Waals surface area contributed by atoms with Crippen LogP contribution < -0.4 is 5.11 Å². The molecule has 2 aromatic rings. The van der Waals surface area contributed by atoms with Crippen molar-refractivity contribution in [1.82, 2.24) is 0 Å². The number of benzene rings is 2. The Hall–Kier alpha value is -2.05. The predicted molar refractivity (Wildman–Crippen MR) is 80.9 cm³/mol. The Balaban J connectivity index is 2.34. The van der Waals surface area contributed by atoms with E-state index in [0.717, 1.165) is 0 Å². The summed E-state index contributed by atoms with van der Waals surface area (Å²) in [4.78, 5) is 14.8. The Labute approximate surface area is 133 Å². The molecule has 0 spiro atoms. The average molecular weight is 370 g/mol. The summed E-state index contributed by atoms with van der Waals surface area (Å²) < 4.78 is 0.637. The van der Waals surface area contributed by atoms with E-state index < -0.39 is 11.7 Å². The summed E-state index contributed by atoms with van der Waals surface area (Å²) in [7, 11) is 0. The van der Waals surface area contributed by atoms with Gasteiger partial charge in [-0.05, 0) is 29.8 Å². The molecule has 0 heterocycles. The molecule has 0 aliphatic heterocycles. The van der Waals surface area contributed by atoms with Crippen LogP contribution in [0.2, 0.25) is 5.02 Å². The fourth-order valence-electron chi connectivity index (χ4n) is 1.60. The van der Waals surface area contributed by atoms with E-state index >= 15 is 0 Å². The smallest absolute Gasteiger partial charge is 0.339 e. The molecule has 0 aliphatic carbocycles. The molecule has 0 aliphatic rings. The highest BCUT2D eigenvalue weighted by molar-refractivity contribution is 9.10. The first-order valence-electron chi connectivity index (χ1n) is 5.65. The van der Waals surface area contributed by atoms with E-state index in [9.17, 15) is 15.0 Å². The van der Waals surface area contributed by atoms with Crippen molar-refractivity contribution in [3.63, 3.8) is 0 Å². The molecule has 0 atom stereocenters. The van der Waals surface area contributed by atoms with Crippen molar-refractivity contribution >= 4 is 45.4 Å². The number of carboxylic acids is 1. The summed E-state index contributed by atoms with van der Waals surface area (Å²) in [6, 6.07) is 6.89. The number of aromatic hydroxyl groups is 1. The van der Waals surface area contributed by atoms with Crippen molar-refractivity contribution in [2.24, 2.45) is 4.99 Å². The Bertz CT molecular complexity index is 746. The molecule has 5 nitrogen and oxygen atoms in total. The number of aliphatic imine (C=N–C) groups is 1. The van der Waals surface area contributed by atoms with Crippen LogP contribution in [-0.4, -0.2) is 22.4 Å². The largest absolute Gasteiger partial charge is 0.871 e. The molecule has 0 radical (unpaired) electrons. The van der Waals surface area contributed by atoms with Gasteiger partial charge in [0, 0.05) is 21.8 Å². The second kappa shape index (κ2) is 6.15. The Morgan fingerprint density at radius 2 is 2.05 bits per heavy atom. The molecule has 0 saturated heterocycles. The van der Waals surface area contributed by atoms with E-state index in [0.29, 0.717) is 10.2 Å². The highest BCUT2D eigenvalue weighted by Crippen LogP contribution is 2.29. The van der Waals surface area contributed by atoms with Gasteiger partial charge < -0.3 is 15.3 Å². The maximum absolute atomic E-state index is 11.8. The van der Waals surface area contributed by atoms with E-state index in [1.165, 1.54) is 30.5 Å². The second-order valence-corrected chi connectivity index (χ2v) is 5.39. The number of hydrogen-bond acceptors (Lipinski definition) is 4. The van der Waals surface area contributed by atoms with Gasteiger partial charge in [0.15, 0.2) is 0 Å². The van der Waals surface area contributed by atoms with Crippen molar-refractivity contribution in [3.8, 4) is 11.5 Å². The molecule has 2 aromatic carbocycles. The van der Waals surface area contributed by atoms with Crippen LogP contribution in [0.25, 0.3) is 0 Å². The van der Waals surface area contributed by atoms with Crippen LogP contribution >= 0.6 is 27.5 Å². The van der Waals surface area contributed by atoms with Gasteiger partial charge in [0.2, 0.25) is 0 Å². The zero-order valence-electron chi connectivity index (χ0n) is 10.4. The molecule has 2 N–H and O–H groups in total. The quantitative estimate of drug-likeness (QED) is 0.812. The third kappa shape index (κ3) is 3.53. The molecule has 108 valence electrons. The third-order valence-corrected chi connectivity index (χ3v) is 3.34. The lowest BCUT2D eigenvalue weighted by atomic mass is 10.2. The molecule has 2 rings (SSSR count). The Morgan fingerprint density at radius 3 is 2.67 bits per heavy atom. The minimum Gasteiger partial charge on any atom is -0.871 e. The summed E-state index contributed by atoms with van der Waals surface area (Å²) in [5.74, 6) is -1.99. The van der Waals surface area contributed by atoms with Crippen molar-refractivity contribution in [2.75, 3.05) is 0 Å². The molecule has 0 aromatic heterocycles. The maximum atomic E-state index is 11.8. The summed E-state index contributed by atoms with van der Waals surface area (Å²) in [5.41, 5.74) is 0.369. The van der Waals surface area contributed by atoms with Crippen LogP contribution in [0.4, 0.5) is 5.69 Å². The van der Waals surface area contributed by atoms with Crippen LogP contribution in [-0.2, 0) is 0 Å². The van der Waals surface area contributed by atoms with Gasteiger partial charge >= 0.3 is 5.97 Å². The van der Waals surface area contributed by atoms with Crippen LogP contribution in [0, 0.1) is 0 Å². The fourth-order valence-corrected chi connectivity index (χ4v) is 2.44. The normalized spacial score (nSPS) is 11.0. The van der Waals surface area contributed by atoms with Crippen molar-refractivity contribution < 1.29 is 20.1 Å². The number of nitrogens with zero attached hydrogens (tertiary/aromatic N) is 1. The first-order valence-corrected chi connectivity index (χ1v) is 6.82. The van der Waals surface area contributed by atoms with Crippen molar-refractivity contribution in [3.05, 3.63) is 51.0 Å². The Morgan fingerprint density at radius 1 is 1.33 bits per heavy atom. The molecular weight excluding hydrogens is 362 g/mol. The van der Waals surface area contributed by atoms with Gasteiger partial charge in [-0.1, -0.05) is 33.3 Å². The summed E-state index contributed by atoms with van der Waals surface area (Å²) in [5, 5.41) is 30.2. The van der Waals surface area contributed by atoms with Crippen molar-refractivity contribution in [2.45, 2.75) is 0 Å². The molecule has 0 fully saturated rings. The SMILES string of the molecule is O=C(O)c1ccc(N=Cc2cc(Br)cc(Cl)c2[O-])cc1O. The fraction of sp³-hybridized carbons (Fsp3) is 0. The highest BCUT2D eigenvalue weighted by Gasteiger charge is 2.09. The number of rotatable bonds is 3. The molecule has 0 bridgehead atoms. The van der Waals surface area contributed by atoms with Crippen LogP contribution in [0.5, 0.6) is 11.5 Å². The van der Waals surface area contributed by atoms with Gasteiger partial charge in [0.1, 0.15) is 11.3 Å². The van der Waals surface area contributed by atoms with E-state index in [1.807, 2.05) is 0 Å². The summed E-state index contributed by atoms with van der Waals surface area (Å²) in [6.45, 7) is 0. The molecule has 0 unspecified atom stereocenters. The van der Waals surface area contributed by atoms with Gasteiger partial charge in [0.25, 0.3) is 0 Å². The van der Waals surface area contributed by atoms with Crippen LogP contribution in [0.15, 0.2) is 39.8 Å². The van der Waals surface area contributed by atoms with Crippen LogP contribution in [0.3, 0.4) is 0 Å². The molecule has 7 heteroatoms. The zero-order chi connectivity index (χ0) is 15.6. The van der Waals surface area contributed by atoms with E-state index in [-0.39, 0.29) is 21.9 Å². The molecule has 0 amide bonds. The lowest BCUT2D eigenvalue weighted by molar-refractivity contribution is -0.268. The first-order chi connectivity index (χ1) is 9.88. The number of hydrogen-bond donors (Lipinski definition) is 2. The number of carbonyl (C=O) groups is 1. The van der Waals surface area contributed by atoms with E-state index in [1.54, 1.807) is 6.07 Å². The number of halogens is 2. The van der Waals surface area contributed by atoms with Gasteiger partial charge in [-0.25, -0.2) is 4.79 Å². The standard InChI is InChI=1S/C14H9BrClNO4/c15-8-3-7(13(19)11(16)4-8)6-17-9-1-2-10(14(20)21)12(18)5-9/h1-6,18-19H,(H,20,21)/p-1. The first kappa shape index (κ1) is 15.3. The molecular formula is C14H8BrClNO4-. The summed E-state index contributed by atoms with van der Waals surface area (Å²) >= 11 is 8.99. The van der Waals surface area contributed by atoms with Gasteiger partial charge in [-0.3, -0.25) is 4.99 Å². The lowest BCUT2D eigenvalue weighted by Crippen LogP contribution is -1.97. The van der Waals surface area contributed by atoms with E-state index in [4.69, 9.17) is 16.7 Å².